The van der Waals surface area contributed by atoms with E-state index in [1.807, 2.05) is 24.3 Å². The van der Waals surface area contributed by atoms with E-state index in [0.717, 1.165) is 115 Å². The van der Waals surface area contributed by atoms with Crippen molar-refractivity contribution in [3.8, 4) is 0 Å². The van der Waals surface area contributed by atoms with Crippen molar-refractivity contribution in [1.82, 2.24) is 0 Å². The molecule has 17 heteroatoms. The van der Waals surface area contributed by atoms with Gasteiger partial charge in [-0.05, 0) is 101 Å². The van der Waals surface area contributed by atoms with Gasteiger partial charge in [0, 0.05) is 0 Å². The van der Waals surface area contributed by atoms with Crippen molar-refractivity contribution in [2.75, 3.05) is 26.4 Å². The topological polar surface area (TPSA) is 220 Å². The van der Waals surface area contributed by atoms with Gasteiger partial charge in [0.2, 0.25) is 0 Å². The maximum atomic E-state index is 12.9. The molecule has 0 aliphatic rings. The van der Waals surface area contributed by atoms with E-state index in [0.29, 0.717) is 25.7 Å². The Morgan fingerprint density at radius 2 is 0.443 bits per heavy atom. The van der Waals surface area contributed by atoms with Crippen LogP contribution in [-0.2, 0) is 39.2 Å². The minimum Gasteiger partial charge on any atom is -0.744 e. The molecule has 0 saturated carbocycles. The van der Waals surface area contributed by atoms with Crippen LogP contribution in [0.5, 0.6) is 0 Å². The Hall–Kier alpha value is -3.64. The third-order valence-corrected chi connectivity index (χ3v) is 19.3. The summed E-state index contributed by atoms with van der Waals surface area (Å²) in [5.41, 5.74) is -1.58. The van der Waals surface area contributed by atoms with Gasteiger partial charge in [0.25, 0.3) is 0 Å². The average Bonchev–Trinajstić information content (AvgIpc) is 0.804. The number of rotatable bonds is 66. The first-order chi connectivity index (χ1) is 46.6. The molecule has 0 N–H and O–H groups in total. The largest absolute Gasteiger partial charge is 2.00 e. The summed E-state index contributed by atoms with van der Waals surface area (Å²) in [5.74, 6) is -3.64. The SMILES string of the molecule is C=CCCCCCCCCCCCCCCOC(=O)c1cccc(S(=O)(=O)[O-])c1C(=O)OCCCCCCCCCCCCCCC=C.C=CCCCCCCCCCCCCCCOC(=O)c1cccc(S(=O)(=O)[O-])c1C(=O)OCCCCCCCCCCCCCCC=C.[Ca+2]. The molecule has 0 amide bonds. The van der Waals surface area contributed by atoms with Crippen LogP contribution in [0.2, 0.25) is 0 Å². The Labute approximate surface area is 620 Å². The Morgan fingerprint density at radius 1 is 0.278 bits per heavy atom. The molecule has 0 aromatic heterocycles. The third-order valence-electron chi connectivity index (χ3n) is 17.6. The standard InChI is InChI=1S/2C40H66O7S.Ca/c2*1-3-5-7-9-11-13-15-17-19-21-23-25-27-29-34-46-39(41)36-32-31-33-37(48(43,44)45)38(36)40(42)47-35-30-28-26-24-22-20-18-16-14-12-10-8-6-4-2;/h2*3-4,31-33H,1-2,5-30,34-35H2,(H,43,44,45);/q;;+2/p-2. The van der Waals surface area contributed by atoms with Crippen molar-refractivity contribution in [1.29, 1.82) is 0 Å². The molecular weight excluding hydrogens is 1290 g/mol. The molecule has 548 valence electrons. The number of carbonyl (C=O) groups is 4. The maximum Gasteiger partial charge on any atom is 2.00 e. The normalized spacial score (nSPS) is 11.2. The van der Waals surface area contributed by atoms with Crippen LogP contribution < -0.4 is 0 Å². The van der Waals surface area contributed by atoms with Gasteiger partial charge in [0.1, 0.15) is 20.2 Å². The van der Waals surface area contributed by atoms with Crippen LogP contribution in [-0.4, -0.2) is 114 Å². The fourth-order valence-electron chi connectivity index (χ4n) is 11.8. The van der Waals surface area contributed by atoms with Gasteiger partial charge in [0.05, 0.1) is 58.5 Å². The van der Waals surface area contributed by atoms with Crippen LogP contribution in [0, 0.1) is 0 Å². The summed E-state index contributed by atoms with van der Waals surface area (Å²) in [5, 5.41) is 0. The molecule has 0 bridgehead atoms. The Kier molecular flexibility index (Phi) is 63.2. The van der Waals surface area contributed by atoms with E-state index in [2.05, 4.69) is 26.3 Å². The van der Waals surface area contributed by atoms with Crippen LogP contribution in [0.3, 0.4) is 0 Å². The zero-order valence-electron chi connectivity index (χ0n) is 60.4. The molecule has 2 rings (SSSR count). The number of ether oxygens (including phenoxy) is 4. The van der Waals surface area contributed by atoms with Crippen molar-refractivity contribution < 1.29 is 64.1 Å². The summed E-state index contributed by atoms with van der Waals surface area (Å²) in [4.78, 5) is 50.1. The molecular formula is C80H130CaO14S2. The first-order valence-electron chi connectivity index (χ1n) is 37.9. The van der Waals surface area contributed by atoms with Crippen molar-refractivity contribution in [3.05, 3.63) is 109 Å². The summed E-state index contributed by atoms with van der Waals surface area (Å²) in [6.45, 7) is 15.5. The van der Waals surface area contributed by atoms with Gasteiger partial charge < -0.3 is 28.1 Å². The number of hydrogen-bond acceptors (Lipinski definition) is 14. The van der Waals surface area contributed by atoms with Gasteiger partial charge in [-0.15, -0.1) is 26.3 Å². The molecule has 14 nitrogen and oxygen atoms in total. The third kappa shape index (κ3) is 52.1. The molecule has 0 radical (unpaired) electrons. The Morgan fingerprint density at radius 3 is 0.619 bits per heavy atom. The second kappa shape index (κ2) is 65.7. The number of esters is 4. The van der Waals surface area contributed by atoms with E-state index in [4.69, 9.17) is 18.9 Å². The van der Waals surface area contributed by atoms with E-state index < -0.39 is 65.0 Å². The zero-order chi connectivity index (χ0) is 70.3. The number of allylic oxidation sites excluding steroid dienone is 4. The van der Waals surface area contributed by atoms with E-state index in [9.17, 15) is 45.1 Å². The van der Waals surface area contributed by atoms with Gasteiger partial charge in [0.15, 0.2) is 0 Å². The zero-order valence-corrected chi connectivity index (χ0v) is 64.3. The molecule has 0 atom stereocenters. The second-order valence-electron chi connectivity index (χ2n) is 26.1. The van der Waals surface area contributed by atoms with Gasteiger partial charge in [-0.3, -0.25) is 0 Å². The summed E-state index contributed by atoms with van der Waals surface area (Å²) in [7, 11) is -10.0. The van der Waals surface area contributed by atoms with Crippen molar-refractivity contribution in [3.63, 3.8) is 0 Å². The molecule has 0 unspecified atom stereocenters. The van der Waals surface area contributed by atoms with Gasteiger partial charge in [-0.25, -0.2) is 36.0 Å². The molecule has 0 fully saturated rings. The summed E-state index contributed by atoms with van der Waals surface area (Å²) in [6.07, 6.45) is 67.9. The molecule has 0 spiro atoms. The van der Waals surface area contributed by atoms with Crippen molar-refractivity contribution in [2.24, 2.45) is 0 Å². The van der Waals surface area contributed by atoms with Crippen LogP contribution in [0.25, 0.3) is 0 Å². The van der Waals surface area contributed by atoms with Crippen LogP contribution in [0.4, 0.5) is 0 Å². The molecule has 0 saturated heterocycles. The van der Waals surface area contributed by atoms with Crippen LogP contribution in [0.1, 0.15) is 375 Å². The monoisotopic (exact) mass is 1420 g/mol. The average molecular weight is 1420 g/mol. The smallest absolute Gasteiger partial charge is 0.744 e. The minimum absolute atomic E-state index is 0. The van der Waals surface area contributed by atoms with E-state index >= 15 is 0 Å². The maximum absolute atomic E-state index is 12.9. The molecule has 0 aliphatic carbocycles. The summed E-state index contributed by atoms with van der Waals surface area (Å²) in [6, 6.07) is 7.21. The molecule has 0 aliphatic heterocycles. The second-order valence-corrected chi connectivity index (χ2v) is 28.8. The molecule has 97 heavy (non-hydrogen) atoms. The Bertz CT molecular complexity index is 2410. The van der Waals surface area contributed by atoms with Crippen LogP contribution >= 0.6 is 0 Å². The number of hydrogen-bond donors (Lipinski definition) is 0. The minimum atomic E-state index is -5.01. The van der Waals surface area contributed by atoms with Gasteiger partial charge in [-0.2, -0.15) is 0 Å². The van der Waals surface area contributed by atoms with Crippen LogP contribution in [0.15, 0.2) is 96.8 Å². The van der Waals surface area contributed by atoms with Gasteiger partial charge in [-0.1, -0.05) is 293 Å². The number of unbranched alkanes of at least 4 members (excludes halogenated alkanes) is 48. The van der Waals surface area contributed by atoms with E-state index in [-0.39, 0.29) is 75.3 Å². The van der Waals surface area contributed by atoms with E-state index in [1.54, 1.807) is 0 Å². The number of carbonyl (C=O) groups excluding carboxylic acids is 4. The summed E-state index contributed by atoms with van der Waals surface area (Å²) < 4.78 is 93.0. The molecule has 0 heterocycles. The number of benzene rings is 2. The predicted molar refractivity (Wildman–Crippen MR) is 397 cm³/mol. The Balaban J connectivity index is 0.00000188. The molecule has 2 aromatic rings. The first kappa shape index (κ1) is 93.4. The first-order valence-corrected chi connectivity index (χ1v) is 40.8. The van der Waals surface area contributed by atoms with Gasteiger partial charge >= 0.3 is 61.6 Å². The summed E-state index contributed by atoms with van der Waals surface area (Å²) >= 11 is 0. The fraction of sp³-hybridized carbons (Fsp3) is 0.700. The quantitative estimate of drug-likeness (QED) is 0.0150. The fourth-order valence-corrected chi connectivity index (χ4v) is 13.2. The molecule has 2 aromatic carbocycles. The van der Waals surface area contributed by atoms with Crippen molar-refractivity contribution >= 4 is 81.9 Å². The van der Waals surface area contributed by atoms with E-state index in [1.165, 1.54) is 230 Å². The van der Waals surface area contributed by atoms with Crippen molar-refractivity contribution in [2.45, 2.75) is 344 Å². The predicted octanol–water partition coefficient (Wildman–Crippen LogP) is 22.5.